The van der Waals surface area contributed by atoms with Crippen LogP contribution in [0.25, 0.3) is 0 Å². The molecule has 1 aliphatic heterocycles. The summed E-state index contributed by atoms with van der Waals surface area (Å²) in [5.74, 6) is 4.11. The summed E-state index contributed by atoms with van der Waals surface area (Å²) in [5.41, 5.74) is 2.44. The Morgan fingerprint density at radius 3 is 2.89 bits per heavy atom. The van der Waals surface area contributed by atoms with E-state index in [1.54, 1.807) is 0 Å². The van der Waals surface area contributed by atoms with Crippen LogP contribution in [0.4, 0.5) is 0 Å². The Kier molecular flexibility index (Phi) is 5.96. The Morgan fingerprint density at radius 1 is 1.33 bits per heavy atom. The fourth-order valence-electron chi connectivity index (χ4n) is 3.71. The fourth-order valence-corrected chi connectivity index (χ4v) is 3.71. The molecule has 1 saturated carbocycles. The van der Waals surface area contributed by atoms with Gasteiger partial charge >= 0.3 is 0 Å². The fraction of sp³-hybridized carbons (Fsp3) is 0.600. The van der Waals surface area contributed by atoms with Crippen molar-refractivity contribution in [2.45, 2.75) is 64.0 Å². The molecule has 27 heavy (non-hydrogen) atoms. The predicted molar refractivity (Wildman–Crippen MR) is 105 cm³/mol. The topological polar surface area (TPSA) is 69.4 Å². The minimum absolute atomic E-state index is 0. The Balaban J connectivity index is 0.00000210. The van der Waals surface area contributed by atoms with Gasteiger partial charge in [0.1, 0.15) is 17.6 Å². The van der Waals surface area contributed by atoms with Gasteiger partial charge in [-0.25, -0.2) is 0 Å². The van der Waals surface area contributed by atoms with E-state index in [1.807, 2.05) is 14.0 Å². The van der Waals surface area contributed by atoms with E-state index >= 15 is 0 Å². The molecule has 0 saturated heterocycles. The molecule has 1 aromatic carbocycles. The second kappa shape index (κ2) is 8.07. The first-order valence-corrected chi connectivity index (χ1v) is 9.55. The zero-order valence-corrected chi connectivity index (χ0v) is 17.1. The number of aromatic nitrogens is 2. The molecule has 0 amide bonds. The van der Waals surface area contributed by atoms with Gasteiger partial charge in [0.25, 0.3) is 0 Å². The van der Waals surface area contributed by atoms with E-state index in [9.17, 15) is 0 Å². The Bertz CT molecular complexity index is 795. The molecule has 4 atom stereocenters. The smallest absolute Gasteiger partial charge is 0.230 e. The summed E-state index contributed by atoms with van der Waals surface area (Å²) < 4.78 is 17.4. The molecule has 148 valence electrons. The second-order valence-electron chi connectivity index (χ2n) is 7.45. The van der Waals surface area contributed by atoms with Crippen molar-refractivity contribution < 1.29 is 14.0 Å². The van der Waals surface area contributed by atoms with Crippen LogP contribution in [-0.4, -0.2) is 35.9 Å². The number of hydrogen-bond acceptors (Lipinski definition) is 6. The van der Waals surface area contributed by atoms with E-state index in [0.717, 1.165) is 42.5 Å². The lowest BCUT2D eigenvalue weighted by Gasteiger charge is -2.12. The summed E-state index contributed by atoms with van der Waals surface area (Å²) >= 11 is 0. The molecular formula is C20H28ClN3O3. The molecule has 0 radical (unpaired) electrons. The normalized spacial score (nSPS) is 23.9. The van der Waals surface area contributed by atoms with Crippen LogP contribution < -0.4 is 14.8 Å². The van der Waals surface area contributed by atoms with Crippen molar-refractivity contribution in [3.8, 4) is 11.5 Å². The van der Waals surface area contributed by atoms with Crippen LogP contribution in [0.2, 0.25) is 0 Å². The largest absolute Gasteiger partial charge is 0.494 e. The third-order valence-electron chi connectivity index (χ3n) is 5.30. The van der Waals surface area contributed by atoms with Crippen molar-refractivity contribution in [1.82, 2.24) is 15.5 Å². The van der Waals surface area contributed by atoms with Crippen LogP contribution in [0.5, 0.6) is 11.5 Å². The highest BCUT2D eigenvalue weighted by Crippen LogP contribution is 2.57. The number of rotatable bonds is 7. The second-order valence-corrected chi connectivity index (χ2v) is 7.45. The van der Waals surface area contributed by atoms with Crippen LogP contribution in [0.1, 0.15) is 61.9 Å². The maximum Gasteiger partial charge on any atom is 0.230 e. The van der Waals surface area contributed by atoms with Crippen LogP contribution in [0.15, 0.2) is 16.7 Å². The van der Waals surface area contributed by atoms with E-state index in [4.69, 9.17) is 14.0 Å². The maximum absolute atomic E-state index is 5.95. The number of ether oxygens (including phenoxy) is 2. The molecule has 2 aliphatic rings. The number of likely N-dealkylation sites (N-methyl/N-ethyl adjacent to an activating group) is 1. The molecule has 1 aliphatic carbocycles. The molecule has 4 rings (SSSR count). The van der Waals surface area contributed by atoms with Crippen LogP contribution in [0.3, 0.4) is 0 Å². The molecule has 0 spiro atoms. The molecule has 6 nitrogen and oxygen atoms in total. The summed E-state index contributed by atoms with van der Waals surface area (Å²) in [4.78, 5) is 4.61. The van der Waals surface area contributed by atoms with E-state index in [0.29, 0.717) is 18.6 Å². The zero-order valence-electron chi connectivity index (χ0n) is 16.3. The quantitative estimate of drug-likeness (QED) is 0.774. The first-order chi connectivity index (χ1) is 12.6. The lowest BCUT2D eigenvalue weighted by atomic mass is 10.0. The van der Waals surface area contributed by atoms with E-state index in [-0.39, 0.29) is 24.4 Å². The molecule has 7 heteroatoms. The van der Waals surface area contributed by atoms with E-state index in [2.05, 4.69) is 41.4 Å². The summed E-state index contributed by atoms with van der Waals surface area (Å²) in [6.07, 6.45) is 2.96. The van der Waals surface area contributed by atoms with Gasteiger partial charge in [-0.1, -0.05) is 5.16 Å². The SMILES string of the molecule is CCOc1cc2c(cc1C1CC1c1nc(CC(C)NC)no1)OC(C)C2.Cl. The molecule has 1 N–H and O–H groups in total. The summed E-state index contributed by atoms with van der Waals surface area (Å²) in [6.45, 7) is 6.89. The Morgan fingerprint density at radius 2 is 2.15 bits per heavy atom. The van der Waals surface area contributed by atoms with Gasteiger partial charge in [0.15, 0.2) is 5.82 Å². The van der Waals surface area contributed by atoms with Gasteiger partial charge in [0, 0.05) is 41.8 Å². The summed E-state index contributed by atoms with van der Waals surface area (Å²) in [7, 11) is 1.94. The highest BCUT2D eigenvalue weighted by Gasteiger charge is 2.46. The van der Waals surface area contributed by atoms with Crippen molar-refractivity contribution in [3.63, 3.8) is 0 Å². The molecule has 1 aromatic heterocycles. The van der Waals surface area contributed by atoms with Gasteiger partial charge < -0.3 is 19.3 Å². The molecule has 1 fully saturated rings. The van der Waals surface area contributed by atoms with Gasteiger partial charge in [0.05, 0.1) is 6.61 Å². The average Bonchev–Trinajstić information content (AvgIpc) is 3.12. The van der Waals surface area contributed by atoms with Crippen molar-refractivity contribution in [3.05, 3.63) is 35.0 Å². The third kappa shape index (κ3) is 4.06. The first-order valence-electron chi connectivity index (χ1n) is 9.55. The molecular weight excluding hydrogens is 366 g/mol. The average molecular weight is 394 g/mol. The van der Waals surface area contributed by atoms with Gasteiger partial charge in [-0.3, -0.25) is 0 Å². The van der Waals surface area contributed by atoms with Gasteiger partial charge in [0.2, 0.25) is 5.89 Å². The van der Waals surface area contributed by atoms with Crippen molar-refractivity contribution >= 4 is 12.4 Å². The van der Waals surface area contributed by atoms with Crippen molar-refractivity contribution in [2.75, 3.05) is 13.7 Å². The minimum Gasteiger partial charge on any atom is -0.494 e. The van der Waals surface area contributed by atoms with Gasteiger partial charge in [-0.2, -0.15) is 4.98 Å². The monoisotopic (exact) mass is 393 g/mol. The van der Waals surface area contributed by atoms with Crippen LogP contribution >= 0.6 is 12.4 Å². The maximum atomic E-state index is 5.95. The molecule has 2 aromatic rings. The van der Waals surface area contributed by atoms with E-state index < -0.39 is 0 Å². The number of fused-ring (bicyclic) bond motifs is 1. The van der Waals surface area contributed by atoms with Crippen molar-refractivity contribution in [1.29, 1.82) is 0 Å². The molecule has 4 unspecified atom stereocenters. The highest BCUT2D eigenvalue weighted by atomic mass is 35.5. The highest BCUT2D eigenvalue weighted by molar-refractivity contribution is 5.85. The summed E-state index contributed by atoms with van der Waals surface area (Å²) in [6, 6.07) is 4.64. The molecule has 2 heterocycles. The molecule has 0 bridgehead atoms. The number of hydrogen-bond donors (Lipinski definition) is 1. The lowest BCUT2D eigenvalue weighted by Crippen LogP contribution is -2.24. The van der Waals surface area contributed by atoms with Crippen molar-refractivity contribution in [2.24, 2.45) is 0 Å². The minimum atomic E-state index is 0. The van der Waals surface area contributed by atoms with Gasteiger partial charge in [-0.15, -0.1) is 12.4 Å². The predicted octanol–water partition coefficient (Wildman–Crippen LogP) is 3.64. The van der Waals surface area contributed by atoms with Crippen LogP contribution in [-0.2, 0) is 12.8 Å². The first kappa shape index (κ1) is 20.0. The third-order valence-corrected chi connectivity index (χ3v) is 5.30. The standard InChI is InChI=1S/C20H27N3O3.ClH/c1-5-24-18-8-13-7-12(3)25-17(13)10-15(18)14-9-16(14)20-22-19(23-26-20)6-11(2)21-4;/h8,10-12,14,16,21H,5-7,9H2,1-4H3;1H. The summed E-state index contributed by atoms with van der Waals surface area (Å²) in [5, 5.41) is 7.34. The number of nitrogens with one attached hydrogen (secondary N) is 1. The van der Waals surface area contributed by atoms with Crippen LogP contribution in [0, 0.1) is 0 Å². The number of benzene rings is 1. The number of nitrogens with zero attached hydrogens (tertiary/aromatic N) is 2. The van der Waals surface area contributed by atoms with E-state index in [1.165, 1.54) is 11.1 Å². The Hall–Kier alpha value is -1.79. The van der Waals surface area contributed by atoms with Gasteiger partial charge in [-0.05, 0) is 46.4 Å². The lowest BCUT2D eigenvalue weighted by molar-refractivity contribution is 0.254. The Labute approximate surface area is 166 Å². The zero-order chi connectivity index (χ0) is 18.3. The number of halogens is 1.